The van der Waals surface area contributed by atoms with Crippen molar-refractivity contribution >= 4 is 49.6 Å². The molecule has 2 heteroatoms. The molecule has 0 spiro atoms. The fourth-order valence-corrected chi connectivity index (χ4v) is 7.21. The number of para-hydroxylation sites is 1. The van der Waals surface area contributed by atoms with Crippen LogP contribution in [0.4, 0.5) is 17.1 Å². The molecule has 0 amide bonds. The molecule has 0 aliphatic rings. The molecule has 1 aromatic heterocycles. The Morgan fingerprint density at radius 1 is 0.388 bits per heavy atom. The van der Waals surface area contributed by atoms with Crippen LogP contribution in [0.25, 0.3) is 60.5 Å². The SMILES string of the molecule is Cc1ccc(-c2ccc(N(c3ccc4c(c3)c3ccccc3n4-c3cccc(-c4ccccc4)c3)c3cccc4ccccc34)cc2)cc1. The van der Waals surface area contributed by atoms with Gasteiger partial charge in [0, 0.05) is 33.2 Å². The van der Waals surface area contributed by atoms with Gasteiger partial charge in [-0.05, 0) is 89.2 Å². The van der Waals surface area contributed by atoms with Crippen molar-refractivity contribution in [2.24, 2.45) is 0 Å². The van der Waals surface area contributed by atoms with Crippen molar-refractivity contribution in [2.45, 2.75) is 6.92 Å². The highest BCUT2D eigenvalue weighted by molar-refractivity contribution is 6.11. The summed E-state index contributed by atoms with van der Waals surface area (Å²) in [5, 5.41) is 4.89. The molecular formula is C47H34N2. The number of hydrogen-bond donors (Lipinski definition) is 0. The van der Waals surface area contributed by atoms with E-state index in [1.807, 2.05) is 0 Å². The molecule has 0 bridgehead atoms. The lowest BCUT2D eigenvalue weighted by atomic mass is 10.0. The summed E-state index contributed by atoms with van der Waals surface area (Å²) in [6.45, 7) is 2.13. The van der Waals surface area contributed by atoms with Gasteiger partial charge < -0.3 is 9.47 Å². The second kappa shape index (κ2) is 12.0. The summed E-state index contributed by atoms with van der Waals surface area (Å²) in [6.07, 6.45) is 0. The van der Waals surface area contributed by atoms with Crippen molar-refractivity contribution < 1.29 is 0 Å². The molecule has 2 nitrogen and oxygen atoms in total. The molecule has 0 fully saturated rings. The lowest BCUT2D eigenvalue weighted by Crippen LogP contribution is -2.10. The van der Waals surface area contributed by atoms with Crippen LogP contribution in [0, 0.1) is 6.92 Å². The summed E-state index contributed by atoms with van der Waals surface area (Å²) in [4.78, 5) is 2.41. The van der Waals surface area contributed by atoms with Gasteiger partial charge in [-0.3, -0.25) is 0 Å². The molecule has 0 unspecified atom stereocenters. The zero-order chi connectivity index (χ0) is 32.7. The molecule has 0 aliphatic heterocycles. The Labute approximate surface area is 286 Å². The average Bonchev–Trinajstić information content (AvgIpc) is 3.50. The van der Waals surface area contributed by atoms with Crippen LogP contribution in [-0.2, 0) is 0 Å². The first kappa shape index (κ1) is 28.8. The maximum atomic E-state index is 2.41. The molecular weight excluding hydrogens is 593 g/mol. The number of benzene rings is 8. The van der Waals surface area contributed by atoms with Gasteiger partial charge in [0.25, 0.3) is 0 Å². The molecule has 0 saturated carbocycles. The highest BCUT2D eigenvalue weighted by Gasteiger charge is 2.19. The Balaban J connectivity index is 1.23. The summed E-state index contributed by atoms with van der Waals surface area (Å²) in [7, 11) is 0. The van der Waals surface area contributed by atoms with E-state index in [-0.39, 0.29) is 0 Å². The standard InChI is InChI=1S/C47H34N2/c1-33-21-23-35(24-22-33)36-25-27-39(28-26-36)48(45-20-10-14-37-13-5-6-17-42(37)45)41-29-30-47-44(32-41)43-18-7-8-19-46(43)49(47)40-16-9-15-38(31-40)34-11-3-2-4-12-34/h2-32H,1H3. The van der Waals surface area contributed by atoms with Gasteiger partial charge in [-0.15, -0.1) is 0 Å². The third-order valence-corrected chi connectivity index (χ3v) is 9.64. The molecule has 0 saturated heterocycles. The Morgan fingerprint density at radius 3 is 1.80 bits per heavy atom. The number of anilines is 3. The van der Waals surface area contributed by atoms with Crippen LogP contribution in [-0.4, -0.2) is 4.57 Å². The van der Waals surface area contributed by atoms with E-state index in [0.717, 1.165) is 22.7 Å². The quantitative estimate of drug-likeness (QED) is 0.178. The highest BCUT2D eigenvalue weighted by atomic mass is 15.1. The van der Waals surface area contributed by atoms with E-state index in [1.165, 1.54) is 60.4 Å². The molecule has 232 valence electrons. The highest BCUT2D eigenvalue weighted by Crippen LogP contribution is 2.42. The largest absolute Gasteiger partial charge is 0.310 e. The maximum Gasteiger partial charge on any atom is 0.0542 e. The minimum atomic E-state index is 1.12. The average molecular weight is 627 g/mol. The van der Waals surface area contributed by atoms with E-state index >= 15 is 0 Å². The third kappa shape index (κ3) is 5.15. The van der Waals surface area contributed by atoms with Crippen molar-refractivity contribution in [2.75, 3.05) is 4.90 Å². The van der Waals surface area contributed by atoms with Crippen LogP contribution in [0.15, 0.2) is 188 Å². The van der Waals surface area contributed by atoms with Gasteiger partial charge in [-0.2, -0.15) is 0 Å². The molecule has 8 aromatic carbocycles. The molecule has 0 aliphatic carbocycles. The lowest BCUT2D eigenvalue weighted by Gasteiger charge is -2.27. The minimum Gasteiger partial charge on any atom is -0.310 e. The van der Waals surface area contributed by atoms with Crippen molar-refractivity contribution in [1.82, 2.24) is 4.57 Å². The summed E-state index contributed by atoms with van der Waals surface area (Å²) in [5.41, 5.74) is 13.0. The van der Waals surface area contributed by atoms with Crippen molar-refractivity contribution in [3.63, 3.8) is 0 Å². The fraction of sp³-hybridized carbons (Fsp3) is 0.0213. The van der Waals surface area contributed by atoms with Crippen LogP contribution in [0.2, 0.25) is 0 Å². The first-order valence-electron chi connectivity index (χ1n) is 16.9. The number of aromatic nitrogens is 1. The summed E-state index contributed by atoms with van der Waals surface area (Å²) in [5.74, 6) is 0. The van der Waals surface area contributed by atoms with Crippen molar-refractivity contribution in [3.8, 4) is 27.9 Å². The van der Waals surface area contributed by atoms with Crippen LogP contribution in [0.1, 0.15) is 5.56 Å². The number of fused-ring (bicyclic) bond motifs is 4. The molecule has 1 heterocycles. The number of hydrogen-bond acceptors (Lipinski definition) is 1. The summed E-state index contributed by atoms with van der Waals surface area (Å²) >= 11 is 0. The molecule has 0 N–H and O–H groups in total. The van der Waals surface area contributed by atoms with Crippen molar-refractivity contribution in [3.05, 3.63) is 194 Å². The van der Waals surface area contributed by atoms with Crippen LogP contribution in [0.3, 0.4) is 0 Å². The molecule has 9 rings (SSSR count). The number of aryl methyl sites for hydroxylation is 1. The molecule has 9 aromatic rings. The fourth-order valence-electron chi connectivity index (χ4n) is 7.21. The van der Waals surface area contributed by atoms with Crippen LogP contribution in [0.5, 0.6) is 0 Å². The third-order valence-electron chi connectivity index (χ3n) is 9.64. The predicted octanol–water partition coefficient (Wildman–Crippen LogP) is 13.0. The van der Waals surface area contributed by atoms with E-state index in [9.17, 15) is 0 Å². The van der Waals surface area contributed by atoms with Crippen molar-refractivity contribution in [1.29, 1.82) is 0 Å². The summed E-state index contributed by atoms with van der Waals surface area (Å²) < 4.78 is 2.40. The zero-order valence-corrected chi connectivity index (χ0v) is 27.3. The lowest BCUT2D eigenvalue weighted by molar-refractivity contribution is 1.18. The predicted molar refractivity (Wildman–Crippen MR) is 209 cm³/mol. The van der Waals surface area contributed by atoms with E-state index in [4.69, 9.17) is 0 Å². The molecule has 49 heavy (non-hydrogen) atoms. The first-order chi connectivity index (χ1) is 24.2. The van der Waals surface area contributed by atoms with Gasteiger partial charge in [0.2, 0.25) is 0 Å². The van der Waals surface area contributed by atoms with E-state index in [2.05, 4.69) is 204 Å². The van der Waals surface area contributed by atoms with Gasteiger partial charge in [0.05, 0.1) is 16.7 Å². The Kier molecular flexibility index (Phi) is 7.06. The maximum absolute atomic E-state index is 2.41. The van der Waals surface area contributed by atoms with Crippen LogP contribution < -0.4 is 4.90 Å². The molecule has 0 atom stereocenters. The minimum absolute atomic E-state index is 1.12. The van der Waals surface area contributed by atoms with Gasteiger partial charge in [0.1, 0.15) is 0 Å². The van der Waals surface area contributed by atoms with E-state index < -0.39 is 0 Å². The number of rotatable bonds is 6. The van der Waals surface area contributed by atoms with Crippen LogP contribution >= 0.6 is 0 Å². The first-order valence-corrected chi connectivity index (χ1v) is 16.9. The second-order valence-electron chi connectivity index (χ2n) is 12.7. The Hall–Kier alpha value is -6.38. The Morgan fingerprint density at radius 2 is 0.980 bits per heavy atom. The monoisotopic (exact) mass is 626 g/mol. The smallest absolute Gasteiger partial charge is 0.0542 e. The second-order valence-corrected chi connectivity index (χ2v) is 12.7. The zero-order valence-electron chi connectivity index (χ0n) is 27.3. The topological polar surface area (TPSA) is 8.17 Å². The van der Waals surface area contributed by atoms with Gasteiger partial charge in [-0.1, -0.05) is 139 Å². The van der Waals surface area contributed by atoms with Gasteiger partial charge in [0.15, 0.2) is 0 Å². The van der Waals surface area contributed by atoms with E-state index in [0.29, 0.717) is 0 Å². The Bertz CT molecular complexity index is 2590. The normalized spacial score (nSPS) is 11.4. The number of nitrogens with zero attached hydrogens (tertiary/aromatic N) is 2. The van der Waals surface area contributed by atoms with Gasteiger partial charge >= 0.3 is 0 Å². The molecule has 0 radical (unpaired) electrons. The summed E-state index contributed by atoms with van der Waals surface area (Å²) in [6, 6.07) is 68.1. The van der Waals surface area contributed by atoms with E-state index in [1.54, 1.807) is 0 Å². The van der Waals surface area contributed by atoms with Gasteiger partial charge in [-0.25, -0.2) is 0 Å².